The molecule has 1 atom stereocenters. The van der Waals surface area contributed by atoms with Crippen LogP contribution in [0.2, 0.25) is 5.02 Å². The van der Waals surface area contributed by atoms with E-state index in [-0.39, 0.29) is 0 Å². The van der Waals surface area contributed by atoms with Gasteiger partial charge in [-0.15, -0.1) is 0 Å². The number of ether oxygens (including phenoxy) is 1. The Kier molecular flexibility index (Phi) is 3.76. The zero-order valence-electron chi connectivity index (χ0n) is 8.55. The van der Waals surface area contributed by atoms with Crippen LogP contribution in [0.1, 0.15) is 32.3 Å². The molecule has 1 aromatic carbocycles. The van der Waals surface area contributed by atoms with Gasteiger partial charge in [0.05, 0.1) is 0 Å². The average Bonchev–Trinajstić information content (AvgIpc) is 2.07. The van der Waals surface area contributed by atoms with E-state index in [0.29, 0.717) is 16.7 Å². The molecule has 0 N–H and O–H groups in total. The van der Waals surface area contributed by atoms with Crippen LogP contribution in [0.4, 0.5) is 4.39 Å². The van der Waals surface area contributed by atoms with Crippen molar-refractivity contribution >= 4 is 11.6 Å². The van der Waals surface area contributed by atoms with Gasteiger partial charge < -0.3 is 4.74 Å². The summed E-state index contributed by atoms with van der Waals surface area (Å²) >= 11 is 5.98. The van der Waals surface area contributed by atoms with Crippen molar-refractivity contribution in [2.24, 2.45) is 0 Å². The summed E-state index contributed by atoms with van der Waals surface area (Å²) in [6, 6.07) is 5.18. The normalized spacial score (nSPS) is 13.0. The molecule has 0 amide bonds. The number of alkyl halides is 1. The molecule has 0 bridgehead atoms. The Hall–Kier alpha value is -0.760. The zero-order chi connectivity index (χ0) is 10.7. The molecule has 78 valence electrons. The number of benzene rings is 1. The largest absolute Gasteiger partial charge is 0.461 e. The number of halogens is 2. The standard InChI is InChI=1S/C11H14ClFO/c1-7(2)10-6-9(14-8(3)13)4-5-11(10)12/h4-8H,1-3H3. The number of hydrogen-bond acceptors (Lipinski definition) is 1. The van der Waals surface area contributed by atoms with Gasteiger partial charge in [-0.3, -0.25) is 0 Å². The Labute approximate surface area is 88.8 Å². The highest BCUT2D eigenvalue weighted by atomic mass is 35.5. The summed E-state index contributed by atoms with van der Waals surface area (Å²) in [5.74, 6) is 0.828. The van der Waals surface area contributed by atoms with Crippen LogP contribution >= 0.6 is 11.6 Å². The first kappa shape index (κ1) is 11.3. The van der Waals surface area contributed by atoms with E-state index < -0.39 is 6.36 Å². The van der Waals surface area contributed by atoms with E-state index in [0.717, 1.165) is 5.56 Å². The summed E-state index contributed by atoms with van der Waals surface area (Å²) in [5.41, 5.74) is 0.977. The zero-order valence-corrected chi connectivity index (χ0v) is 9.31. The summed E-state index contributed by atoms with van der Waals surface area (Å²) < 4.78 is 17.5. The third-order valence-electron chi connectivity index (χ3n) is 1.89. The molecule has 1 unspecified atom stereocenters. The first-order valence-corrected chi connectivity index (χ1v) is 4.98. The van der Waals surface area contributed by atoms with Crippen LogP contribution in [0.5, 0.6) is 5.75 Å². The molecule has 0 fully saturated rings. The first-order valence-electron chi connectivity index (χ1n) is 4.61. The van der Waals surface area contributed by atoms with Gasteiger partial charge in [-0.1, -0.05) is 25.4 Å². The maximum absolute atomic E-state index is 12.6. The number of hydrogen-bond donors (Lipinski definition) is 0. The van der Waals surface area contributed by atoms with Crippen LogP contribution in [0, 0.1) is 0 Å². The molecule has 0 saturated carbocycles. The molecule has 0 aliphatic rings. The van der Waals surface area contributed by atoms with Crippen molar-refractivity contribution in [1.29, 1.82) is 0 Å². The highest BCUT2D eigenvalue weighted by molar-refractivity contribution is 6.31. The van der Waals surface area contributed by atoms with Gasteiger partial charge in [0.1, 0.15) is 5.75 Å². The molecule has 0 spiro atoms. The van der Waals surface area contributed by atoms with E-state index >= 15 is 0 Å². The molecule has 0 radical (unpaired) electrons. The Bertz CT molecular complexity index is 310. The van der Waals surface area contributed by atoms with Crippen molar-refractivity contribution in [3.8, 4) is 5.75 Å². The molecule has 3 heteroatoms. The van der Waals surface area contributed by atoms with Gasteiger partial charge >= 0.3 is 0 Å². The molecule has 0 aliphatic heterocycles. The van der Waals surface area contributed by atoms with Gasteiger partial charge in [-0.25, -0.2) is 4.39 Å². The van der Waals surface area contributed by atoms with Crippen LogP contribution in [-0.4, -0.2) is 6.36 Å². The van der Waals surface area contributed by atoms with Crippen LogP contribution in [-0.2, 0) is 0 Å². The maximum atomic E-state index is 12.6. The van der Waals surface area contributed by atoms with Crippen molar-refractivity contribution in [3.05, 3.63) is 28.8 Å². The lowest BCUT2D eigenvalue weighted by molar-refractivity contribution is 0.0859. The SMILES string of the molecule is CC(F)Oc1ccc(Cl)c(C(C)C)c1. The lowest BCUT2D eigenvalue weighted by atomic mass is 10.0. The van der Waals surface area contributed by atoms with Gasteiger partial charge in [0.15, 0.2) is 0 Å². The van der Waals surface area contributed by atoms with Crippen molar-refractivity contribution in [3.63, 3.8) is 0 Å². The molecule has 0 saturated heterocycles. The second kappa shape index (κ2) is 4.65. The van der Waals surface area contributed by atoms with E-state index in [4.69, 9.17) is 16.3 Å². The summed E-state index contributed by atoms with van der Waals surface area (Å²) in [7, 11) is 0. The van der Waals surface area contributed by atoms with E-state index in [1.54, 1.807) is 18.2 Å². The van der Waals surface area contributed by atoms with E-state index in [1.165, 1.54) is 6.92 Å². The summed E-state index contributed by atoms with van der Waals surface area (Å²) in [6.07, 6.45) is -1.30. The van der Waals surface area contributed by atoms with E-state index in [1.807, 2.05) is 13.8 Å². The van der Waals surface area contributed by atoms with Gasteiger partial charge in [0.2, 0.25) is 6.36 Å². The van der Waals surface area contributed by atoms with Crippen LogP contribution in [0.15, 0.2) is 18.2 Å². The van der Waals surface area contributed by atoms with Gasteiger partial charge in [-0.05, 0) is 29.7 Å². The molecule has 0 aliphatic carbocycles. The van der Waals surface area contributed by atoms with E-state index in [2.05, 4.69) is 0 Å². The van der Waals surface area contributed by atoms with E-state index in [9.17, 15) is 4.39 Å². The monoisotopic (exact) mass is 216 g/mol. The first-order chi connectivity index (χ1) is 6.50. The lowest BCUT2D eigenvalue weighted by Crippen LogP contribution is -2.04. The Balaban J connectivity index is 2.94. The summed E-state index contributed by atoms with van der Waals surface area (Å²) in [6.45, 7) is 5.41. The second-order valence-corrected chi connectivity index (χ2v) is 3.91. The van der Waals surface area contributed by atoms with Gasteiger partial charge in [0.25, 0.3) is 0 Å². The van der Waals surface area contributed by atoms with Crippen LogP contribution < -0.4 is 4.74 Å². The van der Waals surface area contributed by atoms with Crippen LogP contribution in [0.3, 0.4) is 0 Å². The highest BCUT2D eigenvalue weighted by Crippen LogP contribution is 2.28. The third-order valence-corrected chi connectivity index (χ3v) is 2.23. The fraction of sp³-hybridized carbons (Fsp3) is 0.455. The minimum atomic E-state index is -1.30. The molecule has 1 nitrogen and oxygen atoms in total. The van der Waals surface area contributed by atoms with Gasteiger partial charge in [0, 0.05) is 11.9 Å². The minimum Gasteiger partial charge on any atom is -0.461 e. The molecular formula is C11H14ClFO. The van der Waals surface area contributed by atoms with Crippen LogP contribution in [0.25, 0.3) is 0 Å². The topological polar surface area (TPSA) is 9.23 Å². The number of rotatable bonds is 3. The van der Waals surface area contributed by atoms with Crippen molar-refractivity contribution < 1.29 is 9.13 Å². The fourth-order valence-electron chi connectivity index (χ4n) is 1.23. The molecule has 0 aromatic heterocycles. The predicted molar refractivity (Wildman–Crippen MR) is 56.7 cm³/mol. The van der Waals surface area contributed by atoms with Gasteiger partial charge in [-0.2, -0.15) is 0 Å². The molecule has 1 aromatic rings. The van der Waals surface area contributed by atoms with Crippen molar-refractivity contribution in [2.75, 3.05) is 0 Å². The molecule has 1 rings (SSSR count). The quantitative estimate of drug-likeness (QED) is 0.737. The molecule has 0 heterocycles. The summed E-state index contributed by atoms with van der Waals surface area (Å²) in [5, 5.41) is 0.693. The fourth-order valence-corrected chi connectivity index (χ4v) is 1.56. The smallest absolute Gasteiger partial charge is 0.235 e. The molecular weight excluding hydrogens is 203 g/mol. The molecule has 14 heavy (non-hydrogen) atoms. The lowest BCUT2D eigenvalue weighted by Gasteiger charge is -2.12. The average molecular weight is 217 g/mol. The minimum absolute atomic E-state index is 0.306. The Morgan fingerprint density at radius 2 is 1.93 bits per heavy atom. The third kappa shape index (κ3) is 2.88. The predicted octanol–water partition coefficient (Wildman–Crippen LogP) is 4.16. The summed E-state index contributed by atoms with van der Waals surface area (Å²) in [4.78, 5) is 0. The second-order valence-electron chi connectivity index (χ2n) is 3.50. The Morgan fingerprint density at radius 1 is 1.29 bits per heavy atom. The van der Waals surface area contributed by atoms with Crippen molar-refractivity contribution in [2.45, 2.75) is 33.0 Å². The highest BCUT2D eigenvalue weighted by Gasteiger charge is 2.08. The van der Waals surface area contributed by atoms with Crippen molar-refractivity contribution in [1.82, 2.24) is 0 Å². The maximum Gasteiger partial charge on any atom is 0.235 e. The Morgan fingerprint density at radius 3 is 2.43 bits per heavy atom.